The van der Waals surface area contributed by atoms with Gasteiger partial charge < -0.3 is 10.4 Å². The topological polar surface area (TPSA) is 49.3 Å². The molecule has 2 rings (SSSR count). The lowest BCUT2D eigenvalue weighted by Gasteiger charge is -2.23. The normalized spacial score (nSPS) is 19.7. The smallest absolute Gasteiger partial charge is 0.321 e. The number of nitrogens with one attached hydrogen (secondary N) is 1. The SMILES string of the molecule is O=C(O)C1Cc2c(ccc(F)c2F)CN1. The van der Waals surface area contributed by atoms with Crippen molar-refractivity contribution in [3.8, 4) is 0 Å². The largest absolute Gasteiger partial charge is 0.480 e. The highest BCUT2D eigenvalue weighted by atomic mass is 19.2. The van der Waals surface area contributed by atoms with Crippen molar-refractivity contribution >= 4 is 5.97 Å². The lowest BCUT2D eigenvalue weighted by molar-refractivity contribution is -0.139. The molecule has 0 bridgehead atoms. The molecule has 1 atom stereocenters. The quantitative estimate of drug-likeness (QED) is 0.733. The number of aliphatic carboxylic acids is 1. The van der Waals surface area contributed by atoms with E-state index in [1.165, 1.54) is 6.07 Å². The Kier molecular flexibility index (Phi) is 2.40. The van der Waals surface area contributed by atoms with Crippen LogP contribution in [0, 0.1) is 11.6 Å². The molecule has 0 radical (unpaired) electrons. The molecule has 0 aliphatic carbocycles. The fraction of sp³-hybridized carbons (Fsp3) is 0.300. The zero-order valence-electron chi connectivity index (χ0n) is 7.76. The molecule has 1 aliphatic heterocycles. The molecular weight excluding hydrogens is 204 g/mol. The molecular formula is C10H9F2NO2. The van der Waals surface area contributed by atoms with Gasteiger partial charge in [0.15, 0.2) is 11.6 Å². The van der Waals surface area contributed by atoms with E-state index in [0.717, 1.165) is 6.07 Å². The fourth-order valence-electron chi connectivity index (χ4n) is 1.70. The first-order valence-corrected chi connectivity index (χ1v) is 4.51. The molecule has 3 nitrogen and oxygen atoms in total. The number of hydrogen-bond donors (Lipinski definition) is 2. The van der Waals surface area contributed by atoms with Gasteiger partial charge >= 0.3 is 5.97 Å². The maximum atomic E-state index is 13.3. The van der Waals surface area contributed by atoms with Crippen LogP contribution in [0.3, 0.4) is 0 Å². The molecule has 1 aromatic carbocycles. The summed E-state index contributed by atoms with van der Waals surface area (Å²) in [6, 6.07) is 1.68. The Balaban J connectivity index is 2.39. The molecule has 1 heterocycles. The van der Waals surface area contributed by atoms with E-state index < -0.39 is 23.6 Å². The highest BCUT2D eigenvalue weighted by Crippen LogP contribution is 2.22. The summed E-state index contributed by atoms with van der Waals surface area (Å²) in [5.74, 6) is -2.91. The summed E-state index contributed by atoms with van der Waals surface area (Å²) in [6.45, 7) is 0.253. The van der Waals surface area contributed by atoms with Crippen LogP contribution in [0.4, 0.5) is 8.78 Å². The van der Waals surface area contributed by atoms with Gasteiger partial charge in [0.25, 0.3) is 0 Å². The van der Waals surface area contributed by atoms with Gasteiger partial charge in [-0.2, -0.15) is 0 Å². The second-order valence-corrected chi connectivity index (χ2v) is 3.47. The minimum Gasteiger partial charge on any atom is -0.480 e. The highest BCUT2D eigenvalue weighted by Gasteiger charge is 2.26. The molecule has 1 aliphatic rings. The monoisotopic (exact) mass is 213 g/mol. The zero-order valence-corrected chi connectivity index (χ0v) is 7.76. The van der Waals surface area contributed by atoms with Crippen LogP contribution in [0.5, 0.6) is 0 Å². The number of benzene rings is 1. The van der Waals surface area contributed by atoms with Gasteiger partial charge in [0.1, 0.15) is 6.04 Å². The van der Waals surface area contributed by atoms with Gasteiger partial charge in [0.2, 0.25) is 0 Å². The van der Waals surface area contributed by atoms with E-state index in [0.29, 0.717) is 5.56 Å². The van der Waals surface area contributed by atoms with Crippen molar-refractivity contribution < 1.29 is 18.7 Å². The average Bonchev–Trinajstić information content (AvgIpc) is 2.23. The fourth-order valence-corrected chi connectivity index (χ4v) is 1.70. The van der Waals surface area contributed by atoms with Crippen LogP contribution in [-0.2, 0) is 17.8 Å². The number of carbonyl (C=O) groups is 1. The summed E-state index contributed by atoms with van der Waals surface area (Å²) in [7, 11) is 0. The van der Waals surface area contributed by atoms with Crippen molar-refractivity contribution in [1.82, 2.24) is 5.32 Å². The lowest BCUT2D eigenvalue weighted by atomic mass is 9.95. The van der Waals surface area contributed by atoms with Crippen molar-refractivity contribution in [2.75, 3.05) is 0 Å². The molecule has 0 fully saturated rings. The summed E-state index contributed by atoms with van der Waals surface area (Å²) in [4.78, 5) is 10.7. The Morgan fingerprint density at radius 2 is 2.20 bits per heavy atom. The number of hydrogen-bond acceptors (Lipinski definition) is 2. The highest BCUT2D eigenvalue weighted by molar-refractivity contribution is 5.74. The number of carboxylic acids is 1. The third-order valence-corrected chi connectivity index (χ3v) is 2.54. The molecule has 0 aromatic heterocycles. The maximum Gasteiger partial charge on any atom is 0.321 e. The maximum absolute atomic E-state index is 13.3. The summed E-state index contributed by atoms with van der Waals surface area (Å²) in [5.41, 5.74) is 0.785. The van der Waals surface area contributed by atoms with Crippen molar-refractivity contribution in [2.45, 2.75) is 19.0 Å². The first-order valence-electron chi connectivity index (χ1n) is 4.51. The molecule has 0 saturated carbocycles. The number of fused-ring (bicyclic) bond motifs is 1. The molecule has 5 heteroatoms. The van der Waals surface area contributed by atoms with Gasteiger partial charge in [-0.1, -0.05) is 6.07 Å². The molecule has 1 unspecified atom stereocenters. The van der Waals surface area contributed by atoms with Crippen LogP contribution >= 0.6 is 0 Å². The summed E-state index contributed by atoms with van der Waals surface area (Å²) < 4.78 is 26.2. The van der Waals surface area contributed by atoms with Crippen LogP contribution in [0.25, 0.3) is 0 Å². The minimum absolute atomic E-state index is 0.0196. The van der Waals surface area contributed by atoms with E-state index in [1.807, 2.05) is 0 Å². The van der Waals surface area contributed by atoms with Gasteiger partial charge in [0, 0.05) is 13.0 Å². The van der Waals surface area contributed by atoms with Crippen LogP contribution < -0.4 is 5.32 Å². The van der Waals surface area contributed by atoms with E-state index in [4.69, 9.17) is 5.11 Å². The standard InChI is InChI=1S/C10H9F2NO2/c11-7-2-1-5-4-13-8(10(14)15)3-6(5)9(7)12/h1-2,8,13H,3-4H2,(H,14,15). The summed E-state index contributed by atoms with van der Waals surface area (Å²) in [6.07, 6.45) is -0.0196. The first-order chi connectivity index (χ1) is 7.09. The van der Waals surface area contributed by atoms with Gasteiger partial charge in [-0.05, 0) is 17.2 Å². The van der Waals surface area contributed by atoms with E-state index in [1.54, 1.807) is 0 Å². The van der Waals surface area contributed by atoms with Crippen LogP contribution in [0.2, 0.25) is 0 Å². The second-order valence-electron chi connectivity index (χ2n) is 3.47. The van der Waals surface area contributed by atoms with Crippen LogP contribution in [0.15, 0.2) is 12.1 Å². The zero-order chi connectivity index (χ0) is 11.0. The van der Waals surface area contributed by atoms with Gasteiger partial charge in [-0.25, -0.2) is 8.78 Å². The second kappa shape index (κ2) is 3.58. The van der Waals surface area contributed by atoms with Crippen molar-refractivity contribution in [2.24, 2.45) is 0 Å². The predicted octanol–water partition coefficient (Wildman–Crippen LogP) is 1.06. The Labute approximate surface area is 84.7 Å². The Morgan fingerprint density at radius 1 is 1.47 bits per heavy atom. The van der Waals surface area contributed by atoms with Crippen LogP contribution in [0.1, 0.15) is 11.1 Å². The molecule has 2 N–H and O–H groups in total. The van der Waals surface area contributed by atoms with Gasteiger partial charge in [-0.15, -0.1) is 0 Å². The van der Waals surface area contributed by atoms with Gasteiger partial charge in [0.05, 0.1) is 0 Å². The average molecular weight is 213 g/mol. The summed E-state index contributed by atoms with van der Waals surface area (Å²) >= 11 is 0. The van der Waals surface area contributed by atoms with Crippen LogP contribution in [-0.4, -0.2) is 17.1 Å². The molecule has 0 saturated heterocycles. The van der Waals surface area contributed by atoms with Gasteiger partial charge in [-0.3, -0.25) is 4.79 Å². The number of halogens is 2. The van der Waals surface area contributed by atoms with Crippen molar-refractivity contribution in [1.29, 1.82) is 0 Å². The minimum atomic E-state index is -1.05. The predicted molar refractivity (Wildman–Crippen MR) is 48.3 cm³/mol. The Morgan fingerprint density at radius 3 is 2.87 bits per heavy atom. The number of rotatable bonds is 1. The van der Waals surface area contributed by atoms with Crippen molar-refractivity contribution in [3.05, 3.63) is 34.9 Å². The molecule has 15 heavy (non-hydrogen) atoms. The molecule has 0 spiro atoms. The third-order valence-electron chi connectivity index (χ3n) is 2.54. The Hall–Kier alpha value is -1.49. The Bertz CT molecular complexity index is 420. The molecule has 0 amide bonds. The van der Waals surface area contributed by atoms with E-state index in [9.17, 15) is 13.6 Å². The third kappa shape index (κ3) is 1.70. The molecule has 80 valence electrons. The number of carboxylic acid groups (broad SMARTS) is 1. The van der Waals surface area contributed by atoms with E-state index in [-0.39, 0.29) is 18.5 Å². The molecule has 1 aromatic rings. The lowest BCUT2D eigenvalue weighted by Crippen LogP contribution is -2.42. The van der Waals surface area contributed by atoms with E-state index in [2.05, 4.69) is 5.32 Å². The summed E-state index contributed by atoms with van der Waals surface area (Å²) in [5, 5.41) is 11.5. The van der Waals surface area contributed by atoms with Crippen molar-refractivity contribution in [3.63, 3.8) is 0 Å². The first kappa shape index (κ1) is 10.0. The van der Waals surface area contributed by atoms with E-state index >= 15 is 0 Å².